The zero-order valence-corrected chi connectivity index (χ0v) is 19.1. The summed E-state index contributed by atoms with van der Waals surface area (Å²) >= 11 is 0. The molecule has 1 unspecified atom stereocenters. The molecule has 0 heterocycles. The molecule has 11 heteroatoms. The number of ether oxygens (including phenoxy) is 2. The molecule has 2 amide bonds. The number of amides is 2. The molecule has 0 saturated carbocycles. The minimum Gasteiger partial charge on any atom is -0.377 e. The molecule has 0 radical (unpaired) electrons. The summed E-state index contributed by atoms with van der Waals surface area (Å²) in [5.41, 5.74) is 7.23. The van der Waals surface area contributed by atoms with Crippen molar-refractivity contribution in [3.05, 3.63) is 65.7 Å². The quantitative estimate of drug-likeness (QED) is 0.273. The average molecular weight is 479 g/mol. The summed E-state index contributed by atoms with van der Waals surface area (Å²) in [6.45, 7) is 1.93. The number of rotatable bonds is 14. The molecule has 6 N–H and O–H groups in total. The standard InChI is InChI=1S/C22H30N4O6S/c23-20(16-17-4-2-1-3-5-17)22(28)26-11-13-32-15-14-31-12-10-25-21(27)18-6-8-19(9-7-18)33(24,29)30/h1-9,20H,10-16,23H2,(H,25,27)(H,26,28)(H2,24,29,30). The van der Waals surface area contributed by atoms with E-state index in [1.54, 1.807) is 0 Å². The van der Waals surface area contributed by atoms with Crippen molar-refractivity contribution in [2.45, 2.75) is 17.4 Å². The van der Waals surface area contributed by atoms with Gasteiger partial charge in [0, 0.05) is 18.7 Å². The van der Waals surface area contributed by atoms with Gasteiger partial charge in [-0.05, 0) is 36.2 Å². The third-order valence-corrected chi connectivity index (χ3v) is 5.46. The highest BCUT2D eigenvalue weighted by molar-refractivity contribution is 7.89. The van der Waals surface area contributed by atoms with E-state index in [1.165, 1.54) is 24.3 Å². The molecule has 0 bridgehead atoms. The Hall–Kier alpha value is -2.83. The summed E-state index contributed by atoms with van der Waals surface area (Å²) < 4.78 is 33.2. The van der Waals surface area contributed by atoms with Crippen LogP contribution in [0.4, 0.5) is 0 Å². The number of nitrogens with one attached hydrogen (secondary N) is 2. The van der Waals surface area contributed by atoms with E-state index in [0.717, 1.165) is 5.56 Å². The van der Waals surface area contributed by atoms with Gasteiger partial charge < -0.3 is 25.8 Å². The molecule has 0 spiro atoms. The molecule has 1 atom stereocenters. The van der Waals surface area contributed by atoms with E-state index >= 15 is 0 Å². The molecule has 33 heavy (non-hydrogen) atoms. The van der Waals surface area contributed by atoms with Crippen LogP contribution in [-0.2, 0) is 30.7 Å². The van der Waals surface area contributed by atoms with Gasteiger partial charge in [-0.25, -0.2) is 13.6 Å². The summed E-state index contributed by atoms with van der Waals surface area (Å²) in [5, 5.41) is 10.4. The number of sulfonamides is 1. The number of hydrogen-bond donors (Lipinski definition) is 4. The summed E-state index contributed by atoms with van der Waals surface area (Å²) in [4.78, 5) is 23.9. The lowest BCUT2D eigenvalue weighted by Crippen LogP contribution is -2.43. The molecule has 0 aliphatic rings. The average Bonchev–Trinajstić information content (AvgIpc) is 2.80. The van der Waals surface area contributed by atoms with Crippen molar-refractivity contribution in [1.82, 2.24) is 10.6 Å². The number of primary sulfonamides is 1. The first-order valence-electron chi connectivity index (χ1n) is 10.4. The number of benzene rings is 2. The number of carbonyl (C=O) groups excluding carboxylic acids is 2. The zero-order chi connectivity index (χ0) is 24.1. The lowest BCUT2D eigenvalue weighted by molar-refractivity contribution is -0.122. The SMILES string of the molecule is NC(Cc1ccccc1)C(=O)NCCOCCOCCNC(=O)c1ccc(S(N)(=O)=O)cc1. The van der Waals surface area contributed by atoms with Crippen molar-refractivity contribution in [1.29, 1.82) is 0 Å². The smallest absolute Gasteiger partial charge is 0.251 e. The number of hydrogen-bond acceptors (Lipinski definition) is 7. The first kappa shape index (κ1) is 26.4. The van der Waals surface area contributed by atoms with Crippen molar-refractivity contribution < 1.29 is 27.5 Å². The first-order valence-corrected chi connectivity index (χ1v) is 12.0. The minimum atomic E-state index is -3.79. The maximum atomic E-state index is 12.0. The second kappa shape index (κ2) is 13.7. The van der Waals surface area contributed by atoms with Crippen LogP contribution in [0.25, 0.3) is 0 Å². The van der Waals surface area contributed by atoms with Crippen LogP contribution in [0.2, 0.25) is 0 Å². The van der Waals surface area contributed by atoms with Gasteiger partial charge in [-0.1, -0.05) is 30.3 Å². The summed E-state index contributed by atoms with van der Waals surface area (Å²) in [6, 6.07) is 14.3. The third-order valence-electron chi connectivity index (χ3n) is 4.53. The molecule has 180 valence electrons. The zero-order valence-electron chi connectivity index (χ0n) is 18.2. The Morgan fingerprint density at radius 1 is 0.848 bits per heavy atom. The molecular weight excluding hydrogens is 448 g/mol. The molecular formula is C22H30N4O6S. The van der Waals surface area contributed by atoms with Crippen LogP contribution in [0, 0.1) is 0 Å². The molecule has 0 aromatic heterocycles. The molecule has 0 fully saturated rings. The lowest BCUT2D eigenvalue weighted by atomic mass is 10.1. The predicted octanol–water partition coefficient (Wildman–Crippen LogP) is -0.217. The lowest BCUT2D eigenvalue weighted by Gasteiger charge is -2.12. The van der Waals surface area contributed by atoms with Gasteiger partial charge in [-0.2, -0.15) is 0 Å². The Morgan fingerprint density at radius 3 is 2.00 bits per heavy atom. The normalized spacial score (nSPS) is 12.2. The summed E-state index contributed by atoms with van der Waals surface area (Å²) in [5.74, 6) is -0.578. The van der Waals surface area contributed by atoms with Gasteiger partial charge in [0.2, 0.25) is 15.9 Å². The molecule has 2 aromatic carbocycles. The van der Waals surface area contributed by atoms with Gasteiger partial charge in [0.15, 0.2) is 0 Å². The highest BCUT2D eigenvalue weighted by Crippen LogP contribution is 2.08. The predicted molar refractivity (Wildman–Crippen MR) is 123 cm³/mol. The van der Waals surface area contributed by atoms with Gasteiger partial charge in [0.05, 0.1) is 37.4 Å². The highest BCUT2D eigenvalue weighted by atomic mass is 32.2. The van der Waals surface area contributed by atoms with E-state index in [2.05, 4.69) is 10.6 Å². The van der Waals surface area contributed by atoms with Gasteiger partial charge in [0.25, 0.3) is 5.91 Å². The van der Waals surface area contributed by atoms with Crippen LogP contribution in [0.1, 0.15) is 15.9 Å². The number of nitrogens with two attached hydrogens (primary N) is 2. The molecule has 0 saturated heterocycles. The Balaban J connectivity index is 1.47. The van der Waals surface area contributed by atoms with E-state index in [0.29, 0.717) is 38.3 Å². The van der Waals surface area contributed by atoms with E-state index in [4.69, 9.17) is 20.3 Å². The molecule has 0 aliphatic carbocycles. The fraction of sp³-hybridized carbons (Fsp3) is 0.364. The second-order valence-electron chi connectivity index (χ2n) is 7.14. The number of carbonyl (C=O) groups is 2. The van der Waals surface area contributed by atoms with Crippen molar-refractivity contribution in [3.8, 4) is 0 Å². The van der Waals surface area contributed by atoms with Crippen LogP contribution in [0.15, 0.2) is 59.5 Å². The van der Waals surface area contributed by atoms with E-state index in [1.807, 2.05) is 30.3 Å². The van der Waals surface area contributed by atoms with Crippen molar-refractivity contribution in [3.63, 3.8) is 0 Å². The maximum absolute atomic E-state index is 12.0. The van der Waals surface area contributed by atoms with Crippen LogP contribution in [0.3, 0.4) is 0 Å². The minimum absolute atomic E-state index is 0.0584. The van der Waals surface area contributed by atoms with Crippen LogP contribution < -0.4 is 21.5 Å². The third kappa shape index (κ3) is 10.1. The van der Waals surface area contributed by atoms with E-state index < -0.39 is 16.1 Å². The Labute approximate surface area is 193 Å². The van der Waals surface area contributed by atoms with Crippen LogP contribution in [0.5, 0.6) is 0 Å². The summed E-state index contributed by atoms with van der Waals surface area (Å²) in [7, 11) is -3.79. The first-order chi connectivity index (χ1) is 15.8. The summed E-state index contributed by atoms with van der Waals surface area (Å²) in [6.07, 6.45) is 0.471. The van der Waals surface area contributed by atoms with Crippen LogP contribution >= 0.6 is 0 Å². The fourth-order valence-electron chi connectivity index (χ4n) is 2.79. The monoisotopic (exact) mass is 478 g/mol. The van der Waals surface area contributed by atoms with Crippen molar-refractivity contribution >= 4 is 21.8 Å². The van der Waals surface area contributed by atoms with Gasteiger partial charge in [0.1, 0.15) is 0 Å². The highest BCUT2D eigenvalue weighted by Gasteiger charge is 2.13. The Bertz CT molecular complexity index is 984. The Morgan fingerprint density at radius 2 is 1.42 bits per heavy atom. The van der Waals surface area contributed by atoms with Crippen molar-refractivity contribution in [2.24, 2.45) is 10.9 Å². The van der Waals surface area contributed by atoms with Crippen LogP contribution in [-0.4, -0.2) is 65.8 Å². The van der Waals surface area contributed by atoms with Gasteiger partial charge in [-0.15, -0.1) is 0 Å². The molecule has 2 rings (SSSR count). The largest absolute Gasteiger partial charge is 0.377 e. The van der Waals surface area contributed by atoms with E-state index in [9.17, 15) is 18.0 Å². The van der Waals surface area contributed by atoms with Crippen molar-refractivity contribution in [2.75, 3.05) is 39.5 Å². The second-order valence-corrected chi connectivity index (χ2v) is 8.70. The molecule has 10 nitrogen and oxygen atoms in total. The van der Waals surface area contributed by atoms with Gasteiger partial charge in [-0.3, -0.25) is 9.59 Å². The maximum Gasteiger partial charge on any atom is 0.251 e. The molecule has 0 aliphatic heterocycles. The van der Waals surface area contributed by atoms with E-state index in [-0.39, 0.29) is 29.9 Å². The fourth-order valence-corrected chi connectivity index (χ4v) is 3.31. The molecule has 2 aromatic rings. The topological polar surface area (TPSA) is 163 Å². The Kier molecular flexibility index (Phi) is 10.9. The van der Waals surface area contributed by atoms with Gasteiger partial charge >= 0.3 is 0 Å².